The van der Waals surface area contributed by atoms with Crippen LogP contribution in [-0.4, -0.2) is 19.9 Å². The highest BCUT2D eigenvalue weighted by molar-refractivity contribution is 7.91. The molecule has 0 aromatic carbocycles. The number of hydrogen-bond acceptors (Lipinski definition) is 5. The number of nitrogens with one attached hydrogen (secondary N) is 1. The SMILES string of the molecule is C#CCNS(=O)(=O)c1cc([N+](=O)[O-])c(Cl)s1. The molecule has 0 fully saturated rings. The predicted molar refractivity (Wildman–Crippen MR) is 60.0 cm³/mol. The Labute approximate surface area is 100 Å². The Balaban J connectivity index is 3.11. The number of terminal acetylenes is 1. The van der Waals surface area contributed by atoms with Gasteiger partial charge in [0.1, 0.15) is 4.21 Å². The standard InChI is InChI=1S/C7H5ClN2O4S2/c1-2-3-9-16(13,14)6-4-5(10(11)12)7(8)15-6/h1,4,9H,3H2. The highest BCUT2D eigenvalue weighted by Crippen LogP contribution is 2.35. The first-order chi connectivity index (χ1) is 7.38. The molecule has 1 aromatic rings. The quantitative estimate of drug-likeness (QED) is 0.510. The van der Waals surface area contributed by atoms with Gasteiger partial charge in [0.05, 0.1) is 11.5 Å². The van der Waals surface area contributed by atoms with E-state index < -0.39 is 20.6 Å². The highest BCUT2D eigenvalue weighted by atomic mass is 35.5. The molecule has 1 N–H and O–H groups in total. The predicted octanol–water partition coefficient (Wildman–Crippen LogP) is 1.22. The molecular formula is C7H5ClN2O4S2. The number of nitro groups is 1. The second kappa shape index (κ2) is 4.80. The van der Waals surface area contributed by atoms with Gasteiger partial charge in [-0.3, -0.25) is 10.1 Å². The third kappa shape index (κ3) is 2.70. The molecule has 1 rings (SSSR count). The lowest BCUT2D eigenvalue weighted by molar-refractivity contribution is -0.384. The minimum atomic E-state index is -3.82. The van der Waals surface area contributed by atoms with E-state index in [0.717, 1.165) is 6.07 Å². The van der Waals surface area contributed by atoms with Crippen LogP contribution in [0.5, 0.6) is 0 Å². The van der Waals surface area contributed by atoms with Gasteiger partial charge in [0.2, 0.25) is 0 Å². The zero-order chi connectivity index (χ0) is 12.3. The summed E-state index contributed by atoms with van der Waals surface area (Å²) in [5.41, 5.74) is -0.437. The molecule has 1 heterocycles. The third-order valence-electron chi connectivity index (χ3n) is 1.47. The van der Waals surface area contributed by atoms with Crippen molar-refractivity contribution in [3.05, 3.63) is 20.5 Å². The van der Waals surface area contributed by atoms with E-state index in [1.807, 2.05) is 0 Å². The summed E-state index contributed by atoms with van der Waals surface area (Å²) < 4.78 is 24.6. The van der Waals surface area contributed by atoms with E-state index in [4.69, 9.17) is 18.0 Å². The molecule has 16 heavy (non-hydrogen) atoms. The molecular weight excluding hydrogens is 276 g/mol. The van der Waals surface area contributed by atoms with Crippen LogP contribution >= 0.6 is 22.9 Å². The Morgan fingerprint density at radius 3 is 2.75 bits per heavy atom. The summed E-state index contributed by atoms with van der Waals surface area (Å²) >= 11 is 6.13. The maximum absolute atomic E-state index is 11.5. The van der Waals surface area contributed by atoms with Crippen LogP contribution in [0.2, 0.25) is 4.34 Å². The second-order valence-electron chi connectivity index (χ2n) is 2.51. The van der Waals surface area contributed by atoms with Gasteiger partial charge in [0.15, 0.2) is 4.34 Å². The maximum Gasteiger partial charge on any atom is 0.300 e. The van der Waals surface area contributed by atoms with E-state index in [9.17, 15) is 18.5 Å². The fraction of sp³-hybridized carbons (Fsp3) is 0.143. The molecule has 86 valence electrons. The van der Waals surface area contributed by atoms with Crippen molar-refractivity contribution >= 4 is 38.6 Å². The number of rotatable bonds is 4. The first-order valence-corrected chi connectivity index (χ1v) is 6.43. The summed E-state index contributed by atoms with van der Waals surface area (Å²) in [7, 11) is -3.82. The first kappa shape index (κ1) is 12.9. The van der Waals surface area contributed by atoms with Gasteiger partial charge in [-0.25, -0.2) is 8.42 Å². The van der Waals surface area contributed by atoms with Crippen LogP contribution in [0.3, 0.4) is 0 Å². The Morgan fingerprint density at radius 2 is 2.31 bits per heavy atom. The molecule has 0 bridgehead atoms. The van der Waals surface area contributed by atoms with Gasteiger partial charge in [0, 0.05) is 6.07 Å². The van der Waals surface area contributed by atoms with Crippen LogP contribution in [0.25, 0.3) is 0 Å². The van der Waals surface area contributed by atoms with Crippen molar-refractivity contribution < 1.29 is 13.3 Å². The van der Waals surface area contributed by atoms with Crippen molar-refractivity contribution in [2.24, 2.45) is 0 Å². The number of nitrogens with zero attached hydrogens (tertiary/aromatic N) is 1. The van der Waals surface area contributed by atoms with Crippen molar-refractivity contribution in [3.63, 3.8) is 0 Å². The van der Waals surface area contributed by atoms with Crippen LogP contribution < -0.4 is 4.72 Å². The van der Waals surface area contributed by atoms with Gasteiger partial charge in [-0.05, 0) is 0 Å². The molecule has 0 saturated heterocycles. The molecule has 0 unspecified atom stereocenters. The Kier molecular flexibility index (Phi) is 3.88. The third-order valence-corrected chi connectivity index (χ3v) is 4.68. The van der Waals surface area contributed by atoms with Crippen molar-refractivity contribution in [2.75, 3.05) is 6.54 Å². The summed E-state index contributed by atoms with van der Waals surface area (Å²) in [6, 6.07) is 0.895. The second-order valence-corrected chi connectivity index (χ2v) is 6.16. The lowest BCUT2D eigenvalue weighted by Gasteiger charge is -1.98. The minimum Gasteiger partial charge on any atom is -0.258 e. The van der Waals surface area contributed by atoms with E-state index in [0.29, 0.717) is 11.3 Å². The van der Waals surface area contributed by atoms with E-state index >= 15 is 0 Å². The summed E-state index contributed by atoms with van der Waals surface area (Å²) in [6.07, 6.45) is 4.89. The molecule has 0 radical (unpaired) electrons. The lowest BCUT2D eigenvalue weighted by atomic mass is 10.6. The minimum absolute atomic E-state index is 0.189. The Morgan fingerprint density at radius 1 is 1.69 bits per heavy atom. The average molecular weight is 281 g/mol. The van der Waals surface area contributed by atoms with Crippen molar-refractivity contribution in [3.8, 4) is 12.3 Å². The van der Waals surface area contributed by atoms with Crippen LogP contribution in [0.1, 0.15) is 0 Å². The van der Waals surface area contributed by atoms with E-state index in [2.05, 4.69) is 10.6 Å². The normalized spacial score (nSPS) is 11.0. The van der Waals surface area contributed by atoms with Crippen molar-refractivity contribution in [1.82, 2.24) is 4.72 Å². The molecule has 0 saturated carbocycles. The summed E-state index contributed by atoms with van der Waals surface area (Å²) in [4.78, 5) is 9.71. The first-order valence-electron chi connectivity index (χ1n) is 3.75. The summed E-state index contributed by atoms with van der Waals surface area (Å²) in [6.45, 7) is -0.189. The van der Waals surface area contributed by atoms with Crippen molar-refractivity contribution in [1.29, 1.82) is 0 Å². The summed E-state index contributed by atoms with van der Waals surface area (Å²) in [5, 5.41) is 10.5. The van der Waals surface area contributed by atoms with Crippen LogP contribution in [0.15, 0.2) is 10.3 Å². The van der Waals surface area contributed by atoms with E-state index in [1.165, 1.54) is 0 Å². The number of sulfonamides is 1. The largest absolute Gasteiger partial charge is 0.300 e. The zero-order valence-electron chi connectivity index (χ0n) is 7.64. The number of thiophene rings is 1. The monoisotopic (exact) mass is 280 g/mol. The van der Waals surface area contributed by atoms with Crippen molar-refractivity contribution in [2.45, 2.75) is 4.21 Å². The lowest BCUT2D eigenvalue weighted by Crippen LogP contribution is -2.22. The zero-order valence-corrected chi connectivity index (χ0v) is 10.0. The van der Waals surface area contributed by atoms with Gasteiger partial charge in [-0.1, -0.05) is 17.5 Å². The highest BCUT2D eigenvalue weighted by Gasteiger charge is 2.24. The van der Waals surface area contributed by atoms with E-state index in [1.54, 1.807) is 0 Å². The van der Waals surface area contributed by atoms with Crippen LogP contribution in [-0.2, 0) is 10.0 Å². The smallest absolute Gasteiger partial charge is 0.258 e. The van der Waals surface area contributed by atoms with Gasteiger partial charge in [-0.15, -0.1) is 17.8 Å². The number of hydrogen-bond donors (Lipinski definition) is 1. The number of halogens is 1. The van der Waals surface area contributed by atoms with Crippen LogP contribution in [0, 0.1) is 22.5 Å². The summed E-state index contributed by atoms with van der Waals surface area (Å²) in [5.74, 6) is 2.09. The van der Waals surface area contributed by atoms with Gasteiger partial charge < -0.3 is 0 Å². The molecule has 0 amide bonds. The van der Waals surface area contributed by atoms with Gasteiger partial charge in [0.25, 0.3) is 15.7 Å². The topological polar surface area (TPSA) is 89.3 Å². The molecule has 1 aromatic heterocycles. The molecule has 0 atom stereocenters. The molecule has 0 spiro atoms. The Bertz CT molecular complexity index is 557. The average Bonchev–Trinajstić information content (AvgIpc) is 2.58. The molecule has 9 heteroatoms. The Hall–Kier alpha value is -1.14. The molecule has 6 nitrogen and oxygen atoms in total. The maximum atomic E-state index is 11.5. The van der Waals surface area contributed by atoms with E-state index in [-0.39, 0.29) is 15.1 Å². The van der Waals surface area contributed by atoms with Gasteiger partial charge >= 0.3 is 0 Å². The molecule has 0 aliphatic rings. The fourth-order valence-corrected chi connectivity index (χ4v) is 3.45. The molecule has 0 aliphatic carbocycles. The van der Waals surface area contributed by atoms with Crippen LogP contribution in [0.4, 0.5) is 5.69 Å². The molecule has 0 aliphatic heterocycles. The van der Waals surface area contributed by atoms with Gasteiger partial charge in [-0.2, -0.15) is 4.72 Å². The fourth-order valence-electron chi connectivity index (χ4n) is 0.803.